The van der Waals surface area contributed by atoms with Crippen molar-refractivity contribution in [1.29, 1.82) is 0 Å². The summed E-state index contributed by atoms with van der Waals surface area (Å²) in [6, 6.07) is 2.00. The first-order valence-corrected chi connectivity index (χ1v) is 9.67. The first-order valence-electron chi connectivity index (χ1n) is 9.67. The predicted octanol–water partition coefficient (Wildman–Crippen LogP) is 3.21. The number of aryl methyl sites for hydroxylation is 3. The molecule has 9 heteroatoms. The molecule has 28 heavy (non-hydrogen) atoms. The van der Waals surface area contributed by atoms with Crippen molar-refractivity contribution >= 4 is 5.91 Å². The van der Waals surface area contributed by atoms with Crippen LogP contribution in [0.25, 0.3) is 0 Å². The average Bonchev–Trinajstić information content (AvgIpc) is 3.29. The van der Waals surface area contributed by atoms with Crippen LogP contribution in [0, 0.1) is 19.8 Å². The van der Waals surface area contributed by atoms with Crippen molar-refractivity contribution in [3.05, 3.63) is 34.4 Å². The summed E-state index contributed by atoms with van der Waals surface area (Å²) in [6.45, 7) is 5.70. The van der Waals surface area contributed by atoms with Crippen LogP contribution in [0.5, 0.6) is 0 Å². The Balaban J connectivity index is 1.37. The summed E-state index contributed by atoms with van der Waals surface area (Å²) in [4.78, 5) is 14.4. The summed E-state index contributed by atoms with van der Waals surface area (Å²) >= 11 is 0. The first-order chi connectivity index (χ1) is 13.2. The Kier molecular flexibility index (Phi) is 4.71. The smallest absolute Gasteiger partial charge is 0.342 e. The molecular weight excluding hydrogens is 371 g/mol. The maximum absolute atomic E-state index is 13.1. The van der Waals surface area contributed by atoms with Gasteiger partial charge < -0.3 is 4.90 Å². The first kappa shape index (κ1) is 19.0. The van der Waals surface area contributed by atoms with Crippen molar-refractivity contribution in [2.24, 2.45) is 5.92 Å². The fourth-order valence-electron chi connectivity index (χ4n) is 4.64. The topological polar surface area (TPSA) is 66.8 Å². The molecule has 6 nitrogen and oxygen atoms in total. The average molecular weight is 395 g/mol. The molecule has 2 atom stereocenters. The monoisotopic (exact) mass is 395 g/mol. The van der Waals surface area contributed by atoms with Gasteiger partial charge in [-0.15, -0.1) is 0 Å². The van der Waals surface area contributed by atoms with Gasteiger partial charge in [0.2, 0.25) is 5.91 Å². The quantitative estimate of drug-likeness (QED) is 0.865. The predicted molar refractivity (Wildman–Crippen MR) is 95.7 cm³/mol. The highest BCUT2D eigenvalue weighted by Gasteiger charge is 2.45. The van der Waals surface area contributed by atoms with Crippen molar-refractivity contribution in [2.45, 2.75) is 58.2 Å². The van der Waals surface area contributed by atoms with Crippen LogP contribution in [0.3, 0.4) is 0 Å². The lowest BCUT2D eigenvalue weighted by atomic mass is 9.80. The normalized spacial score (nSPS) is 21.7. The van der Waals surface area contributed by atoms with Gasteiger partial charge in [0.25, 0.3) is 0 Å². The highest BCUT2D eigenvalue weighted by molar-refractivity contribution is 5.76. The maximum atomic E-state index is 13.1. The molecule has 2 aromatic heterocycles. The van der Waals surface area contributed by atoms with Crippen molar-refractivity contribution in [2.75, 3.05) is 13.1 Å². The number of aromatic nitrogens is 4. The number of rotatable bonds is 4. The number of halogens is 3. The molecule has 152 valence electrons. The van der Waals surface area contributed by atoms with Crippen LogP contribution in [-0.4, -0.2) is 43.9 Å². The molecule has 2 aliphatic rings. The standard InChI is InChI=1S/C19H24F3N5O/c1-11-8-12(2)27(25-11)7-3-4-16(28)26-9-13-5-6-14-17(15(13)10-26)23-24-18(14)19(20,21)22/h8,13,15H,3-7,9-10H2,1-2H3,(H,23,24)/t13-,15+/m1/s1. The highest BCUT2D eigenvalue weighted by Crippen LogP contribution is 2.44. The molecule has 1 aliphatic heterocycles. The second-order valence-corrected chi connectivity index (χ2v) is 7.92. The third-order valence-electron chi connectivity index (χ3n) is 5.96. The summed E-state index contributed by atoms with van der Waals surface area (Å²) in [5.74, 6) is 0.189. The van der Waals surface area contributed by atoms with Crippen molar-refractivity contribution in [1.82, 2.24) is 24.9 Å². The minimum atomic E-state index is -4.44. The molecular formula is C19H24F3N5O. The van der Waals surface area contributed by atoms with Gasteiger partial charge in [0.05, 0.1) is 5.69 Å². The Labute approximate surface area is 161 Å². The third kappa shape index (κ3) is 3.42. The van der Waals surface area contributed by atoms with Crippen molar-refractivity contribution in [3.63, 3.8) is 0 Å². The van der Waals surface area contributed by atoms with Crippen LogP contribution in [0.15, 0.2) is 6.07 Å². The zero-order valence-electron chi connectivity index (χ0n) is 16.0. The summed E-state index contributed by atoms with van der Waals surface area (Å²) in [6.07, 6.45) is -2.30. The summed E-state index contributed by atoms with van der Waals surface area (Å²) in [7, 11) is 0. The molecule has 2 aromatic rings. The molecule has 4 rings (SSSR count). The zero-order chi connectivity index (χ0) is 20.1. The molecule has 3 heterocycles. The van der Waals surface area contributed by atoms with E-state index in [0.717, 1.165) is 11.4 Å². The Morgan fingerprint density at radius 2 is 2.11 bits per heavy atom. The van der Waals surface area contributed by atoms with E-state index < -0.39 is 11.9 Å². The van der Waals surface area contributed by atoms with E-state index in [0.29, 0.717) is 51.0 Å². The number of fused-ring (bicyclic) bond motifs is 3. The van der Waals surface area contributed by atoms with E-state index in [1.807, 2.05) is 24.6 Å². The molecule has 0 spiro atoms. The van der Waals surface area contributed by atoms with Crippen molar-refractivity contribution in [3.8, 4) is 0 Å². The second-order valence-electron chi connectivity index (χ2n) is 7.92. The van der Waals surface area contributed by atoms with Gasteiger partial charge in [-0.2, -0.15) is 23.4 Å². The van der Waals surface area contributed by atoms with E-state index in [1.165, 1.54) is 0 Å². The molecule has 1 amide bonds. The number of nitrogens with one attached hydrogen (secondary N) is 1. The SMILES string of the molecule is Cc1cc(C)n(CCCC(=O)N2C[C@H]3CCc4c(C(F)(F)F)n[nH]c4[C@H]3C2)n1. The Morgan fingerprint density at radius 3 is 2.79 bits per heavy atom. The zero-order valence-corrected chi connectivity index (χ0v) is 16.0. The Morgan fingerprint density at radius 1 is 1.32 bits per heavy atom. The maximum Gasteiger partial charge on any atom is 0.435 e. The van der Waals surface area contributed by atoms with Crippen LogP contribution < -0.4 is 0 Å². The van der Waals surface area contributed by atoms with Crippen LogP contribution >= 0.6 is 0 Å². The van der Waals surface area contributed by atoms with E-state index in [-0.39, 0.29) is 23.3 Å². The van der Waals surface area contributed by atoms with Crippen molar-refractivity contribution < 1.29 is 18.0 Å². The van der Waals surface area contributed by atoms with Gasteiger partial charge in [0.15, 0.2) is 5.69 Å². The highest BCUT2D eigenvalue weighted by atomic mass is 19.4. The van der Waals surface area contributed by atoms with Gasteiger partial charge in [0.1, 0.15) is 0 Å². The fourth-order valence-corrected chi connectivity index (χ4v) is 4.64. The number of amides is 1. The lowest BCUT2D eigenvalue weighted by Gasteiger charge is -2.24. The molecule has 0 bridgehead atoms. The fraction of sp³-hybridized carbons (Fsp3) is 0.632. The van der Waals surface area contributed by atoms with Gasteiger partial charge >= 0.3 is 6.18 Å². The van der Waals surface area contributed by atoms with Gasteiger partial charge in [-0.1, -0.05) is 0 Å². The molecule has 0 radical (unpaired) electrons. The molecule has 0 saturated carbocycles. The number of carbonyl (C=O) groups excluding carboxylic acids is 1. The van der Waals surface area contributed by atoms with E-state index in [4.69, 9.17) is 0 Å². The van der Waals surface area contributed by atoms with Crippen LogP contribution in [-0.2, 0) is 23.9 Å². The number of alkyl halides is 3. The molecule has 0 unspecified atom stereocenters. The number of hydrogen-bond donors (Lipinski definition) is 1. The Hall–Kier alpha value is -2.32. The number of H-pyrrole nitrogens is 1. The number of likely N-dealkylation sites (tertiary alicyclic amines) is 1. The summed E-state index contributed by atoms with van der Waals surface area (Å²) in [5, 5.41) is 10.5. The molecule has 1 saturated heterocycles. The molecule has 1 fully saturated rings. The van der Waals surface area contributed by atoms with Gasteiger partial charge in [-0.05, 0) is 45.1 Å². The number of aromatic amines is 1. The minimum absolute atomic E-state index is 0.0630. The van der Waals surface area contributed by atoms with Crippen LogP contribution in [0.1, 0.15) is 53.5 Å². The molecule has 1 N–H and O–H groups in total. The number of nitrogens with zero attached hydrogens (tertiary/aromatic N) is 4. The molecule has 1 aliphatic carbocycles. The van der Waals surface area contributed by atoms with Gasteiger partial charge in [-0.25, -0.2) is 0 Å². The lowest BCUT2D eigenvalue weighted by molar-refractivity contribution is -0.141. The summed E-state index contributed by atoms with van der Waals surface area (Å²) < 4.78 is 41.2. The second kappa shape index (κ2) is 6.93. The van der Waals surface area contributed by atoms with Crippen LogP contribution in [0.2, 0.25) is 0 Å². The third-order valence-corrected chi connectivity index (χ3v) is 5.96. The van der Waals surface area contributed by atoms with E-state index >= 15 is 0 Å². The Bertz CT molecular complexity index is 885. The van der Waals surface area contributed by atoms with E-state index in [1.54, 1.807) is 4.90 Å². The van der Waals surface area contributed by atoms with Gasteiger partial charge in [-0.3, -0.25) is 14.6 Å². The lowest BCUT2D eigenvalue weighted by Crippen LogP contribution is -2.29. The largest absolute Gasteiger partial charge is 0.435 e. The molecule has 0 aromatic carbocycles. The van der Waals surface area contributed by atoms with Gasteiger partial charge in [0, 0.05) is 48.9 Å². The number of carbonyl (C=O) groups is 1. The minimum Gasteiger partial charge on any atom is -0.342 e. The number of hydrogen-bond acceptors (Lipinski definition) is 3. The van der Waals surface area contributed by atoms with Crippen LogP contribution in [0.4, 0.5) is 13.2 Å². The van der Waals surface area contributed by atoms with E-state index in [2.05, 4.69) is 15.3 Å². The van der Waals surface area contributed by atoms with E-state index in [9.17, 15) is 18.0 Å². The summed E-state index contributed by atoms with van der Waals surface area (Å²) in [5.41, 5.74) is 2.09.